The smallest absolute Gasteiger partial charge is 0.0939 e. The molecule has 4 atom stereocenters. The molecule has 3 aliphatic rings. The molecule has 0 amide bonds. The van der Waals surface area contributed by atoms with Gasteiger partial charge < -0.3 is 14.8 Å². The maximum absolute atomic E-state index is 6.09. The van der Waals surface area contributed by atoms with Crippen molar-refractivity contribution in [2.45, 2.75) is 64.0 Å². The van der Waals surface area contributed by atoms with Gasteiger partial charge in [-0.15, -0.1) is 0 Å². The van der Waals surface area contributed by atoms with Crippen LogP contribution in [0, 0.1) is 11.3 Å². The van der Waals surface area contributed by atoms with Gasteiger partial charge in [0.2, 0.25) is 0 Å². The monoisotopic (exact) mass is 267 g/mol. The van der Waals surface area contributed by atoms with E-state index in [1.54, 1.807) is 0 Å². The molecule has 1 aliphatic carbocycles. The normalized spacial score (nSPS) is 47.1. The van der Waals surface area contributed by atoms with Gasteiger partial charge in [0.15, 0.2) is 0 Å². The van der Waals surface area contributed by atoms with E-state index in [1.807, 2.05) is 0 Å². The van der Waals surface area contributed by atoms with Crippen molar-refractivity contribution in [1.82, 2.24) is 5.32 Å². The number of nitrogens with one attached hydrogen (secondary N) is 1. The molecule has 0 bridgehead atoms. The first-order chi connectivity index (χ1) is 9.16. The molecule has 1 N–H and O–H groups in total. The van der Waals surface area contributed by atoms with Gasteiger partial charge >= 0.3 is 0 Å². The van der Waals surface area contributed by atoms with Crippen molar-refractivity contribution in [2.75, 3.05) is 26.4 Å². The number of ether oxygens (including phenoxy) is 2. The van der Waals surface area contributed by atoms with E-state index in [-0.39, 0.29) is 5.60 Å². The van der Waals surface area contributed by atoms with E-state index in [4.69, 9.17) is 9.47 Å². The molecule has 3 heteroatoms. The summed E-state index contributed by atoms with van der Waals surface area (Å²) < 4.78 is 11.7. The highest BCUT2D eigenvalue weighted by molar-refractivity contribution is 4.99. The molecule has 110 valence electrons. The van der Waals surface area contributed by atoms with Crippen LogP contribution in [0.25, 0.3) is 0 Å². The Labute approximate surface area is 117 Å². The summed E-state index contributed by atoms with van der Waals surface area (Å²) in [4.78, 5) is 0. The molecule has 1 saturated carbocycles. The van der Waals surface area contributed by atoms with Crippen LogP contribution < -0.4 is 5.32 Å². The van der Waals surface area contributed by atoms with Crippen molar-refractivity contribution in [3.8, 4) is 0 Å². The van der Waals surface area contributed by atoms with E-state index in [0.29, 0.717) is 5.41 Å². The van der Waals surface area contributed by atoms with Crippen molar-refractivity contribution in [1.29, 1.82) is 0 Å². The molecule has 3 fully saturated rings. The molecule has 0 aromatic rings. The van der Waals surface area contributed by atoms with Crippen LogP contribution in [0.1, 0.15) is 52.4 Å². The molecule has 4 unspecified atom stereocenters. The van der Waals surface area contributed by atoms with Crippen LogP contribution in [0.2, 0.25) is 0 Å². The summed E-state index contributed by atoms with van der Waals surface area (Å²) in [5.41, 5.74) is 0.592. The molecule has 3 nitrogen and oxygen atoms in total. The lowest BCUT2D eigenvalue weighted by atomic mass is 9.68. The van der Waals surface area contributed by atoms with Gasteiger partial charge in [-0.2, -0.15) is 0 Å². The fourth-order valence-corrected chi connectivity index (χ4v) is 4.59. The number of hydrogen-bond donors (Lipinski definition) is 1. The van der Waals surface area contributed by atoms with Gasteiger partial charge in [-0.05, 0) is 50.0 Å². The lowest BCUT2D eigenvalue weighted by molar-refractivity contribution is -0.117. The van der Waals surface area contributed by atoms with Crippen molar-refractivity contribution in [3.63, 3.8) is 0 Å². The Hall–Kier alpha value is -0.120. The third kappa shape index (κ3) is 2.70. The summed E-state index contributed by atoms with van der Waals surface area (Å²) in [5.74, 6) is 0.826. The molecule has 2 heterocycles. The van der Waals surface area contributed by atoms with E-state index in [1.165, 1.54) is 32.1 Å². The van der Waals surface area contributed by atoms with Gasteiger partial charge in [-0.3, -0.25) is 0 Å². The second kappa shape index (κ2) is 5.34. The zero-order valence-electron chi connectivity index (χ0n) is 12.5. The maximum Gasteiger partial charge on any atom is 0.0939 e. The minimum absolute atomic E-state index is 0.0716. The Kier molecular flexibility index (Phi) is 3.89. The zero-order chi connectivity index (χ0) is 13.3. The average molecular weight is 267 g/mol. The highest BCUT2D eigenvalue weighted by Gasteiger charge is 2.48. The Morgan fingerprint density at radius 3 is 2.79 bits per heavy atom. The summed E-state index contributed by atoms with van der Waals surface area (Å²) in [6.07, 6.45) is 7.66. The Morgan fingerprint density at radius 1 is 1.16 bits per heavy atom. The van der Waals surface area contributed by atoms with E-state index >= 15 is 0 Å². The first-order valence-electron chi connectivity index (χ1n) is 8.11. The van der Waals surface area contributed by atoms with E-state index in [0.717, 1.165) is 44.7 Å². The fraction of sp³-hybridized carbons (Fsp3) is 1.00. The zero-order valence-corrected chi connectivity index (χ0v) is 12.5. The molecular weight excluding hydrogens is 238 g/mol. The van der Waals surface area contributed by atoms with Gasteiger partial charge in [0.1, 0.15) is 0 Å². The van der Waals surface area contributed by atoms with Crippen LogP contribution in [0.5, 0.6) is 0 Å². The Morgan fingerprint density at radius 2 is 2.05 bits per heavy atom. The summed E-state index contributed by atoms with van der Waals surface area (Å²) >= 11 is 0. The minimum atomic E-state index is 0.0716. The standard InChI is InChI=1S/C16H29NO2/c1-3-17-14-4-6-15(2,11-14)13-5-8-19-16(10-13)7-9-18-12-16/h13-14,17H,3-12H2,1-2H3. The molecule has 2 aliphatic heterocycles. The number of rotatable bonds is 3. The van der Waals surface area contributed by atoms with Crippen molar-refractivity contribution >= 4 is 0 Å². The van der Waals surface area contributed by atoms with Gasteiger partial charge in [0, 0.05) is 25.7 Å². The van der Waals surface area contributed by atoms with Crippen molar-refractivity contribution in [2.24, 2.45) is 11.3 Å². The summed E-state index contributed by atoms with van der Waals surface area (Å²) in [5, 5.41) is 3.64. The van der Waals surface area contributed by atoms with Crippen LogP contribution in [0.15, 0.2) is 0 Å². The lowest BCUT2D eigenvalue weighted by Crippen LogP contribution is -2.44. The molecule has 19 heavy (non-hydrogen) atoms. The molecule has 0 radical (unpaired) electrons. The quantitative estimate of drug-likeness (QED) is 0.853. The van der Waals surface area contributed by atoms with Gasteiger partial charge in [-0.25, -0.2) is 0 Å². The van der Waals surface area contributed by atoms with Crippen LogP contribution in [0.3, 0.4) is 0 Å². The second-order valence-corrected chi connectivity index (χ2v) is 7.18. The summed E-state index contributed by atoms with van der Waals surface area (Å²) in [7, 11) is 0. The molecule has 0 aromatic heterocycles. The molecule has 2 saturated heterocycles. The van der Waals surface area contributed by atoms with Crippen LogP contribution >= 0.6 is 0 Å². The SMILES string of the molecule is CCNC1CCC(C)(C2CCOC3(CCOC3)C2)C1. The topological polar surface area (TPSA) is 30.5 Å². The predicted molar refractivity (Wildman–Crippen MR) is 76.3 cm³/mol. The Bertz CT molecular complexity index is 314. The van der Waals surface area contributed by atoms with E-state index in [9.17, 15) is 0 Å². The predicted octanol–water partition coefficient (Wildman–Crippen LogP) is 2.74. The van der Waals surface area contributed by atoms with Crippen LogP contribution in [-0.4, -0.2) is 38.0 Å². The Balaban J connectivity index is 1.65. The first kappa shape index (κ1) is 13.8. The fourth-order valence-electron chi connectivity index (χ4n) is 4.59. The van der Waals surface area contributed by atoms with Gasteiger partial charge in [0.25, 0.3) is 0 Å². The highest BCUT2D eigenvalue weighted by Crippen LogP contribution is 2.51. The second-order valence-electron chi connectivity index (χ2n) is 7.18. The molecule has 1 spiro atoms. The molecular formula is C16H29NO2. The average Bonchev–Trinajstić information content (AvgIpc) is 2.99. The first-order valence-corrected chi connectivity index (χ1v) is 8.11. The van der Waals surface area contributed by atoms with Crippen LogP contribution in [0.4, 0.5) is 0 Å². The summed E-state index contributed by atoms with van der Waals surface area (Å²) in [6.45, 7) is 8.50. The highest BCUT2D eigenvalue weighted by atomic mass is 16.6. The lowest BCUT2D eigenvalue weighted by Gasteiger charge is -2.44. The van der Waals surface area contributed by atoms with Gasteiger partial charge in [-0.1, -0.05) is 13.8 Å². The molecule has 0 aromatic carbocycles. The largest absolute Gasteiger partial charge is 0.378 e. The van der Waals surface area contributed by atoms with Crippen LogP contribution in [-0.2, 0) is 9.47 Å². The minimum Gasteiger partial charge on any atom is -0.378 e. The van der Waals surface area contributed by atoms with Crippen molar-refractivity contribution < 1.29 is 9.47 Å². The van der Waals surface area contributed by atoms with Gasteiger partial charge in [0.05, 0.1) is 12.2 Å². The maximum atomic E-state index is 6.09. The molecule has 3 rings (SSSR count). The third-order valence-electron chi connectivity index (χ3n) is 5.82. The van der Waals surface area contributed by atoms with E-state index < -0.39 is 0 Å². The number of hydrogen-bond acceptors (Lipinski definition) is 3. The summed E-state index contributed by atoms with van der Waals surface area (Å²) in [6, 6.07) is 0.744. The van der Waals surface area contributed by atoms with E-state index in [2.05, 4.69) is 19.2 Å². The third-order valence-corrected chi connectivity index (χ3v) is 5.82. The van der Waals surface area contributed by atoms with Crippen molar-refractivity contribution in [3.05, 3.63) is 0 Å².